The lowest BCUT2D eigenvalue weighted by Gasteiger charge is -2.09. The maximum absolute atomic E-state index is 12.2. The third-order valence-corrected chi connectivity index (χ3v) is 5.91. The van der Waals surface area contributed by atoms with Gasteiger partial charge in [-0.3, -0.25) is 0 Å². The van der Waals surface area contributed by atoms with Crippen molar-refractivity contribution in [2.45, 2.75) is 12.3 Å². The van der Waals surface area contributed by atoms with Crippen LogP contribution in [0.3, 0.4) is 0 Å². The summed E-state index contributed by atoms with van der Waals surface area (Å²) in [5.41, 5.74) is 6.81. The van der Waals surface area contributed by atoms with Gasteiger partial charge in [-0.2, -0.15) is 0 Å². The first-order valence-corrected chi connectivity index (χ1v) is 9.68. The number of nitrogens with two attached hydrogens (primary N) is 1. The van der Waals surface area contributed by atoms with Gasteiger partial charge in [0.05, 0.1) is 5.75 Å². The Morgan fingerprint density at radius 2 is 2.10 bits per heavy atom. The number of nitrogens with one attached hydrogen (secondary N) is 1. The number of rotatable bonds is 6. The smallest absolute Gasteiger partial charge is 0.216 e. The van der Waals surface area contributed by atoms with Crippen molar-refractivity contribution in [3.05, 3.63) is 56.2 Å². The molecule has 8 heteroatoms. The summed E-state index contributed by atoms with van der Waals surface area (Å²) < 4.78 is 27.8. The van der Waals surface area contributed by atoms with Crippen molar-refractivity contribution in [3.63, 3.8) is 0 Å². The summed E-state index contributed by atoms with van der Waals surface area (Å²) >= 11 is 9.77. The third kappa shape index (κ3) is 4.86. The molecule has 0 radical (unpaired) electrons. The quantitative estimate of drug-likeness (QED) is 0.725. The van der Waals surface area contributed by atoms with Crippen LogP contribution < -0.4 is 10.5 Å². The van der Waals surface area contributed by atoms with Crippen LogP contribution in [0.2, 0.25) is 0 Å². The Balaban J connectivity index is 2.09. The fourth-order valence-corrected chi connectivity index (χ4v) is 4.59. The predicted molar refractivity (Wildman–Crippen MR) is 93.8 cm³/mol. The van der Waals surface area contributed by atoms with Gasteiger partial charge in [-0.1, -0.05) is 36.5 Å². The van der Waals surface area contributed by atoms with Crippen molar-refractivity contribution in [3.8, 4) is 0 Å². The SMILES string of the molecule is NC(=S)c1ccccc1CS(=O)(=O)NCc1cc(Br)cs1. The van der Waals surface area contributed by atoms with Crippen molar-refractivity contribution in [1.82, 2.24) is 4.72 Å². The Morgan fingerprint density at radius 1 is 1.38 bits per heavy atom. The minimum atomic E-state index is -3.45. The number of thiocarbonyl (C=S) groups is 1. The van der Waals surface area contributed by atoms with Gasteiger partial charge in [0.25, 0.3) is 0 Å². The molecule has 0 aliphatic carbocycles. The summed E-state index contributed by atoms with van der Waals surface area (Å²) in [5.74, 6) is -0.146. The van der Waals surface area contributed by atoms with Crippen molar-refractivity contribution in [2.24, 2.45) is 5.73 Å². The van der Waals surface area contributed by atoms with Crippen LogP contribution in [-0.2, 0) is 22.3 Å². The van der Waals surface area contributed by atoms with Crippen LogP contribution >= 0.6 is 39.5 Å². The number of benzene rings is 1. The minimum absolute atomic E-state index is 0.146. The fourth-order valence-electron chi connectivity index (χ4n) is 1.77. The van der Waals surface area contributed by atoms with E-state index in [-0.39, 0.29) is 17.3 Å². The highest BCUT2D eigenvalue weighted by Crippen LogP contribution is 2.20. The van der Waals surface area contributed by atoms with Gasteiger partial charge >= 0.3 is 0 Å². The van der Waals surface area contributed by atoms with Gasteiger partial charge in [0, 0.05) is 26.8 Å². The Morgan fingerprint density at radius 3 is 2.71 bits per heavy atom. The van der Waals surface area contributed by atoms with Crippen LogP contribution in [0.15, 0.2) is 40.2 Å². The first kappa shape index (κ1) is 16.6. The fraction of sp³-hybridized carbons (Fsp3) is 0.154. The molecule has 1 aromatic heterocycles. The molecule has 0 atom stereocenters. The van der Waals surface area contributed by atoms with Crippen molar-refractivity contribution in [2.75, 3.05) is 0 Å². The normalized spacial score (nSPS) is 11.5. The van der Waals surface area contributed by atoms with Crippen molar-refractivity contribution >= 4 is 54.5 Å². The number of sulfonamides is 1. The molecule has 0 spiro atoms. The molecule has 0 aliphatic rings. The number of hydrogen-bond donors (Lipinski definition) is 2. The molecule has 1 heterocycles. The first-order chi connectivity index (χ1) is 9.87. The second kappa shape index (κ2) is 6.97. The van der Waals surface area contributed by atoms with Gasteiger partial charge < -0.3 is 5.73 Å². The molecule has 0 amide bonds. The topological polar surface area (TPSA) is 72.2 Å². The van der Waals surface area contributed by atoms with E-state index in [2.05, 4.69) is 20.7 Å². The zero-order valence-corrected chi connectivity index (χ0v) is 14.9. The second-order valence-electron chi connectivity index (χ2n) is 4.33. The summed E-state index contributed by atoms with van der Waals surface area (Å²) in [7, 11) is -3.45. The van der Waals surface area contributed by atoms with E-state index in [4.69, 9.17) is 18.0 Å². The zero-order valence-electron chi connectivity index (χ0n) is 10.9. The third-order valence-electron chi connectivity index (χ3n) is 2.72. The van der Waals surface area contributed by atoms with E-state index in [0.29, 0.717) is 11.1 Å². The molecule has 4 nitrogen and oxygen atoms in total. The Hall–Kier alpha value is -0.800. The van der Waals surface area contributed by atoms with E-state index in [1.165, 1.54) is 11.3 Å². The highest BCUT2D eigenvalue weighted by molar-refractivity contribution is 9.10. The molecule has 21 heavy (non-hydrogen) atoms. The molecule has 0 saturated carbocycles. The van der Waals surface area contributed by atoms with Gasteiger partial charge in [-0.25, -0.2) is 13.1 Å². The molecule has 0 unspecified atom stereocenters. The van der Waals surface area contributed by atoms with E-state index in [0.717, 1.165) is 9.35 Å². The Bertz CT molecular complexity index is 756. The molecular weight excluding hydrogens is 392 g/mol. The van der Waals surface area contributed by atoms with Crippen LogP contribution in [0, 0.1) is 0 Å². The summed E-state index contributed by atoms with van der Waals surface area (Å²) in [6, 6.07) is 8.87. The molecule has 112 valence electrons. The molecule has 0 fully saturated rings. The summed E-state index contributed by atoms with van der Waals surface area (Å²) in [4.78, 5) is 1.14. The number of halogens is 1. The van der Waals surface area contributed by atoms with E-state index >= 15 is 0 Å². The molecule has 0 saturated heterocycles. The molecule has 0 bridgehead atoms. The maximum atomic E-state index is 12.2. The van der Waals surface area contributed by atoms with Crippen molar-refractivity contribution < 1.29 is 8.42 Å². The Kier molecular flexibility index (Phi) is 5.50. The Labute approximate surface area is 141 Å². The minimum Gasteiger partial charge on any atom is -0.389 e. The highest BCUT2D eigenvalue weighted by Gasteiger charge is 2.15. The van der Waals surface area contributed by atoms with Crippen LogP contribution in [0.5, 0.6) is 0 Å². The van der Waals surface area contributed by atoms with E-state index in [9.17, 15) is 8.42 Å². The lowest BCUT2D eigenvalue weighted by atomic mass is 10.1. The summed E-state index contributed by atoms with van der Waals surface area (Å²) in [6.45, 7) is 0.272. The molecule has 2 rings (SSSR count). The van der Waals surface area contributed by atoms with E-state index < -0.39 is 10.0 Å². The van der Waals surface area contributed by atoms with E-state index in [1.54, 1.807) is 24.3 Å². The average Bonchev–Trinajstić information content (AvgIpc) is 2.82. The number of hydrogen-bond acceptors (Lipinski definition) is 4. The van der Waals surface area contributed by atoms with Gasteiger partial charge in [-0.05, 0) is 27.6 Å². The van der Waals surface area contributed by atoms with Crippen LogP contribution in [0.25, 0.3) is 0 Å². The molecule has 2 aromatic rings. The summed E-state index contributed by atoms with van der Waals surface area (Å²) in [6.07, 6.45) is 0. The first-order valence-electron chi connectivity index (χ1n) is 5.95. The lowest BCUT2D eigenvalue weighted by molar-refractivity contribution is 0.581. The van der Waals surface area contributed by atoms with Gasteiger partial charge in [-0.15, -0.1) is 11.3 Å². The lowest BCUT2D eigenvalue weighted by Crippen LogP contribution is -2.25. The largest absolute Gasteiger partial charge is 0.389 e. The standard InChI is InChI=1S/C13H13BrN2O2S3/c14-10-5-11(20-7-10)6-16-21(17,18)8-9-3-1-2-4-12(9)13(15)19/h1-5,7,16H,6,8H2,(H2,15,19). The highest BCUT2D eigenvalue weighted by atomic mass is 79.9. The van der Waals surface area contributed by atoms with E-state index in [1.807, 2.05) is 11.4 Å². The van der Waals surface area contributed by atoms with Gasteiger partial charge in [0.2, 0.25) is 10.0 Å². The molecule has 3 N–H and O–H groups in total. The second-order valence-corrected chi connectivity index (χ2v) is 8.49. The monoisotopic (exact) mass is 404 g/mol. The summed E-state index contributed by atoms with van der Waals surface area (Å²) in [5, 5.41) is 1.91. The average molecular weight is 405 g/mol. The predicted octanol–water partition coefficient (Wildman–Crippen LogP) is 2.76. The van der Waals surface area contributed by atoms with Crippen LogP contribution in [0.4, 0.5) is 0 Å². The number of thiophene rings is 1. The maximum Gasteiger partial charge on any atom is 0.216 e. The molecule has 1 aromatic carbocycles. The van der Waals surface area contributed by atoms with Crippen LogP contribution in [-0.4, -0.2) is 13.4 Å². The van der Waals surface area contributed by atoms with Gasteiger partial charge in [0.1, 0.15) is 4.99 Å². The molecule has 0 aliphatic heterocycles. The molecular formula is C13H13BrN2O2S3. The van der Waals surface area contributed by atoms with Crippen molar-refractivity contribution in [1.29, 1.82) is 0 Å². The van der Waals surface area contributed by atoms with Crippen LogP contribution in [0.1, 0.15) is 16.0 Å². The zero-order chi connectivity index (χ0) is 15.5. The van der Waals surface area contributed by atoms with Gasteiger partial charge in [0.15, 0.2) is 0 Å².